The van der Waals surface area contributed by atoms with E-state index in [1.165, 1.54) is 16.8 Å². The summed E-state index contributed by atoms with van der Waals surface area (Å²) in [6.45, 7) is 6.35. The normalized spacial score (nSPS) is 20.1. The molecule has 0 amide bonds. The van der Waals surface area contributed by atoms with Gasteiger partial charge in [0.25, 0.3) is 0 Å². The van der Waals surface area contributed by atoms with Crippen LogP contribution in [-0.2, 0) is 32.4 Å². The lowest BCUT2D eigenvalue weighted by molar-refractivity contribution is 0.172. The molecule has 0 N–H and O–H groups in total. The third-order valence-electron chi connectivity index (χ3n) is 5.16. The predicted octanol–water partition coefficient (Wildman–Crippen LogP) is 2.05. The number of rotatable bonds is 3. The molecule has 0 bridgehead atoms. The fourth-order valence-corrected chi connectivity index (χ4v) is 3.69. The van der Waals surface area contributed by atoms with Gasteiger partial charge in [0, 0.05) is 38.3 Å². The first-order chi connectivity index (χ1) is 11.2. The molecule has 2 aromatic rings. The molecule has 5 heteroatoms. The van der Waals surface area contributed by atoms with Gasteiger partial charge in [-0.1, -0.05) is 6.07 Å². The zero-order chi connectivity index (χ0) is 15.8. The summed E-state index contributed by atoms with van der Waals surface area (Å²) in [5.41, 5.74) is 5.17. The Morgan fingerprint density at radius 1 is 1.17 bits per heavy atom. The number of hydrogen-bond donors (Lipinski definition) is 0. The monoisotopic (exact) mass is 312 g/mol. The third kappa shape index (κ3) is 3.03. The first kappa shape index (κ1) is 14.8. The molecule has 0 aliphatic carbocycles. The Morgan fingerprint density at radius 2 is 2.09 bits per heavy atom. The molecule has 4 rings (SSSR count). The summed E-state index contributed by atoms with van der Waals surface area (Å²) in [6.07, 6.45) is 6.79. The number of likely N-dealkylation sites (N-methyl/N-ethyl adjacent to an activating group) is 1. The van der Waals surface area contributed by atoms with Crippen LogP contribution in [0.4, 0.5) is 0 Å². The Kier molecular flexibility index (Phi) is 3.91. The quantitative estimate of drug-likeness (QED) is 0.868. The van der Waals surface area contributed by atoms with Gasteiger partial charge in [-0.15, -0.1) is 0 Å². The van der Waals surface area contributed by atoms with Gasteiger partial charge in [-0.3, -0.25) is 9.88 Å². The van der Waals surface area contributed by atoms with E-state index in [0.717, 1.165) is 56.9 Å². The van der Waals surface area contributed by atoms with Gasteiger partial charge in [0.1, 0.15) is 5.76 Å². The standard InChI is InChI=1S/C18H24N4O/c1-13(22-6-4-16-18(11-22)23-12-20-16)7-14-8-15-3-5-21(2)10-17(15)19-9-14/h8-9,12-13H,3-7,10-11H2,1-2H3. The molecule has 23 heavy (non-hydrogen) atoms. The zero-order valence-corrected chi connectivity index (χ0v) is 14.0. The average Bonchev–Trinajstić information content (AvgIpc) is 3.02. The van der Waals surface area contributed by atoms with Crippen LogP contribution in [0.3, 0.4) is 0 Å². The molecule has 5 nitrogen and oxygen atoms in total. The van der Waals surface area contributed by atoms with Crippen molar-refractivity contribution in [2.75, 3.05) is 20.1 Å². The van der Waals surface area contributed by atoms with E-state index in [2.05, 4.69) is 41.0 Å². The third-order valence-corrected chi connectivity index (χ3v) is 5.16. The number of aromatic nitrogens is 2. The number of fused-ring (bicyclic) bond motifs is 2. The second kappa shape index (κ2) is 6.06. The maximum absolute atomic E-state index is 5.50. The van der Waals surface area contributed by atoms with Crippen molar-refractivity contribution in [2.24, 2.45) is 0 Å². The van der Waals surface area contributed by atoms with Gasteiger partial charge in [0.15, 0.2) is 6.39 Å². The van der Waals surface area contributed by atoms with Crippen molar-refractivity contribution < 1.29 is 4.42 Å². The highest BCUT2D eigenvalue weighted by Crippen LogP contribution is 2.22. The van der Waals surface area contributed by atoms with Crippen molar-refractivity contribution in [1.29, 1.82) is 0 Å². The molecule has 2 aromatic heterocycles. The average molecular weight is 312 g/mol. The van der Waals surface area contributed by atoms with Gasteiger partial charge in [0.05, 0.1) is 17.9 Å². The van der Waals surface area contributed by atoms with Gasteiger partial charge >= 0.3 is 0 Å². The van der Waals surface area contributed by atoms with Gasteiger partial charge in [-0.05, 0) is 37.9 Å². The number of nitrogens with zero attached hydrogens (tertiary/aromatic N) is 4. The van der Waals surface area contributed by atoms with Gasteiger partial charge < -0.3 is 9.32 Å². The van der Waals surface area contributed by atoms with Gasteiger partial charge in [-0.2, -0.15) is 0 Å². The van der Waals surface area contributed by atoms with Crippen LogP contribution < -0.4 is 0 Å². The van der Waals surface area contributed by atoms with E-state index in [1.807, 2.05) is 0 Å². The molecule has 0 saturated heterocycles. The molecule has 4 heterocycles. The first-order valence-electron chi connectivity index (χ1n) is 8.49. The summed E-state index contributed by atoms with van der Waals surface area (Å²) in [7, 11) is 2.16. The second-order valence-electron chi connectivity index (χ2n) is 6.93. The maximum Gasteiger partial charge on any atom is 0.181 e. The van der Waals surface area contributed by atoms with Crippen LogP contribution in [0.5, 0.6) is 0 Å². The summed E-state index contributed by atoms with van der Waals surface area (Å²) in [5, 5.41) is 0. The Hall–Kier alpha value is -1.72. The van der Waals surface area contributed by atoms with Crippen molar-refractivity contribution in [3.63, 3.8) is 0 Å². The van der Waals surface area contributed by atoms with E-state index in [4.69, 9.17) is 9.40 Å². The van der Waals surface area contributed by atoms with Crippen molar-refractivity contribution in [3.05, 3.63) is 46.9 Å². The molecule has 0 aromatic carbocycles. The minimum atomic E-state index is 0.486. The maximum atomic E-state index is 5.50. The van der Waals surface area contributed by atoms with E-state index >= 15 is 0 Å². The van der Waals surface area contributed by atoms with Crippen molar-refractivity contribution in [2.45, 2.75) is 45.3 Å². The summed E-state index contributed by atoms with van der Waals surface area (Å²) < 4.78 is 5.50. The van der Waals surface area contributed by atoms with Crippen molar-refractivity contribution in [1.82, 2.24) is 19.8 Å². The molecule has 2 aliphatic rings. The van der Waals surface area contributed by atoms with Gasteiger partial charge in [-0.25, -0.2) is 4.98 Å². The molecule has 2 aliphatic heterocycles. The highest BCUT2D eigenvalue weighted by atomic mass is 16.3. The van der Waals surface area contributed by atoms with E-state index in [-0.39, 0.29) is 0 Å². The first-order valence-corrected chi connectivity index (χ1v) is 8.49. The number of oxazole rings is 1. The van der Waals surface area contributed by atoms with Crippen LogP contribution in [0.15, 0.2) is 23.1 Å². The Labute approximate surface area is 137 Å². The van der Waals surface area contributed by atoms with Crippen LogP contribution in [0, 0.1) is 0 Å². The van der Waals surface area contributed by atoms with Crippen LogP contribution in [-0.4, -0.2) is 45.9 Å². The highest BCUT2D eigenvalue weighted by Gasteiger charge is 2.24. The zero-order valence-electron chi connectivity index (χ0n) is 14.0. The van der Waals surface area contributed by atoms with Crippen molar-refractivity contribution in [3.8, 4) is 0 Å². The number of pyridine rings is 1. The summed E-state index contributed by atoms with van der Waals surface area (Å²) in [4.78, 5) is 13.8. The van der Waals surface area contributed by atoms with E-state index in [9.17, 15) is 0 Å². The summed E-state index contributed by atoms with van der Waals surface area (Å²) in [5.74, 6) is 1.04. The van der Waals surface area contributed by atoms with Crippen LogP contribution in [0.2, 0.25) is 0 Å². The Bertz CT molecular complexity index is 696. The van der Waals surface area contributed by atoms with E-state index in [1.54, 1.807) is 6.39 Å². The molecule has 1 atom stereocenters. The minimum Gasteiger partial charge on any atom is -0.447 e. The summed E-state index contributed by atoms with van der Waals surface area (Å²) in [6, 6.07) is 2.86. The van der Waals surface area contributed by atoms with Crippen LogP contribution in [0.1, 0.15) is 35.2 Å². The Morgan fingerprint density at radius 3 is 3.00 bits per heavy atom. The van der Waals surface area contributed by atoms with Crippen LogP contribution in [0.25, 0.3) is 0 Å². The molecule has 122 valence electrons. The lowest BCUT2D eigenvalue weighted by Crippen LogP contribution is -2.38. The highest BCUT2D eigenvalue weighted by molar-refractivity contribution is 5.28. The molecule has 0 radical (unpaired) electrons. The summed E-state index contributed by atoms with van der Waals surface area (Å²) >= 11 is 0. The fraction of sp³-hybridized carbons (Fsp3) is 0.556. The molecule has 0 spiro atoms. The second-order valence-corrected chi connectivity index (χ2v) is 6.93. The van der Waals surface area contributed by atoms with E-state index < -0.39 is 0 Å². The largest absolute Gasteiger partial charge is 0.447 e. The SMILES string of the molecule is CC(Cc1cnc2c(c1)CCN(C)C2)N1CCc2ncoc2C1. The molecule has 0 saturated carbocycles. The molecule has 1 unspecified atom stereocenters. The molecule has 0 fully saturated rings. The number of hydrogen-bond acceptors (Lipinski definition) is 5. The van der Waals surface area contributed by atoms with Crippen molar-refractivity contribution >= 4 is 0 Å². The smallest absolute Gasteiger partial charge is 0.181 e. The topological polar surface area (TPSA) is 45.4 Å². The predicted molar refractivity (Wildman–Crippen MR) is 88.1 cm³/mol. The van der Waals surface area contributed by atoms with E-state index in [0.29, 0.717) is 6.04 Å². The Balaban J connectivity index is 1.44. The lowest BCUT2D eigenvalue weighted by atomic mass is 9.99. The lowest BCUT2D eigenvalue weighted by Gasteiger charge is -2.31. The van der Waals surface area contributed by atoms with Crippen LogP contribution >= 0.6 is 0 Å². The molecular weight excluding hydrogens is 288 g/mol. The van der Waals surface area contributed by atoms with Gasteiger partial charge in [0.2, 0.25) is 0 Å². The molecular formula is C18H24N4O. The minimum absolute atomic E-state index is 0.486. The fourth-order valence-electron chi connectivity index (χ4n) is 3.69.